The summed E-state index contributed by atoms with van der Waals surface area (Å²) in [6.07, 6.45) is 0. The van der Waals surface area contributed by atoms with Crippen molar-refractivity contribution in [3.63, 3.8) is 0 Å². The number of nitrogens with zero attached hydrogens (tertiary/aromatic N) is 1. The molecule has 1 aliphatic heterocycles. The fourth-order valence-electron chi connectivity index (χ4n) is 1.85. The van der Waals surface area contributed by atoms with Crippen LogP contribution in [0.4, 0.5) is 5.69 Å². The van der Waals surface area contributed by atoms with Crippen LogP contribution in [0.2, 0.25) is 0 Å². The molecule has 0 atom stereocenters. The predicted octanol–water partition coefficient (Wildman–Crippen LogP) is 1.35. The van der Waals surface area contributed by atoms with Crippen molar-refractivity contribution in [1.82, 2.24) is 0 Å². The van der Waals surface area contributed by atoms with Crippen molar-refractivity contribution in [1.29, 1.82) is 0 Å². The fraction of sp³-hybridized carbons (Fsp3) is 0.364. The van der Waals surface area contributed by atoms with Crippen LogP contribution in [0.5, 0.6) is 0 Å². The van der Waals surface area contributed by atoms with E-state index in [1.165, 1.54) is 0 Å². The summed E-state index contributed by atoms with van der Waals surface area (Å²) in [6.45, 7) is 7.59. The van der Waals surface area contributed by atoms with Crippen molar-refractivity contribution >= 4 is 24.3 Å². The number of hydrogen-bond donors (Lipinski definition) is 0. The minimum atomic E-state index is -0.427. The normalized spacial score (nSPS) is 15.5. The van der Waals surface area contributed by atoms with E-state index in [4.69, 9.17) is 0 Å². The Morgan fingerprint density at radius 2 is 1.93 bits per heavy atom. The molecule has 15 heavy (non-hydrogen) atoms. The second-order valence-corrected chi connectivity index (χ2v) is 4.66. The van der Waals surface area contributed by atoms with Crippen LogP contribution >= 0.6 is 0 Å². The van der Waals surface area contributed by atoms with Crippen molar-refractivity contribution in [3.05, 3.63) is 23.6 Å². The van der Waals surface area contributed by atoms with Crippen molar-refractivity contribution in [3.8, 4) is 0 Å². The van der Waals surface area contributed by atoms with Crippen molar-refractivity contribution in [2.75, 3.05) is 4.90 Å². The zero-order valence-electron chi connectivity index (χ0n) is 9.07. The van der Waals surface area contributed by atoms with Gasteiger partial charge in [-0.15, -0.1) is 0 Å². The Kier molecular flexibility index (Phi) is 2.03. The van der Waals surface area contributed by atoms with Gasteiger partial charge in [0.15, 0.2) is 0 Å². The number of Topliss-reactive ketones (excluding diaryl/α,β-unsaturated/α-hetero) is 1. The number of amides is 1. The second-order valence-electron chi connectivity index (χ2n) is 4.66. The molecule has 0 aliphatic carbocycles. The zero-order chi connectivity index (χ0) is 11.2. The number of carbonyl (C=O) groups excluding carboxylic acids is 2. The molecule has 0 radical (unpaired) electrons. The molecule has 0 saturated carbocycles. The maximum absolute atomic E-state index is 11.8. The van der Waals surface area contributed by atoms with E-state index in [9.17, 15) is 9.59 Å². The van der Waals surface area contributed by atoms with Gasteiger partial charge < -0.3 is 0 Å². The van der Waals surface area contributed by atoms with Crippen LogP contribution in [0.3, 0.4) is 0 Å². The Balaban J connectivity index is 2.62. The van der Waals surface area contributed by atoms with Crippen LogP contribution in [0, 0.1) is 0 Å². The van der Waals surface area contributed by atoms with Gasteiger partial charge in [-0.1, -0.05) is 0 Å². The Labute approximate surface area is 89.3 Å². The first-order valence-electron chi connectivity index (χ1n) is 4.91. The van der Waals surface area contributed by atoms with Crippen LogP contribution in [0.15, 0.2) is 18.0 Å². The van der Waals surface area contributed by atoms with Gasteiger partial charge in [0.1, 0.15) is 0 Å². The first kappa shape index (κ1) is 10.1. The molecule has 0 aromatic carbocycles. The number of rotatable bonds is 0. The number of anilines is 1. The van der Waals surface area contributed by atoms with E-state index in [0.29, 0.717) is 5.56 Å². The molecule has 0 unspecified atom stereocenters. The average Bonchev–Trinajstić information content (AvgIpc) is 2.39. The quantitative estimate of drug-likeness (QED) is 0.594. The molecule has 0 N–H and O–H groups in total. The molecular weight excluding hydrogens is 189 g/mol. The summed E-state index contributed by atoms with van der Waals surface area (Å²) in [5, 5.41) is 0. The third-order valence-corrected chi connectivity index (χ3v) is 2.46. The molecule has 2 rings (SSSR count). The monoisotopic (exact) mass is 201 g/mol. The summed E-state index contributed by atoms with van der Waals surface area (Å²) in [6, 6.07) is 1.70. The predicted molar refractivity (Wildman–Crippen MR) is 59.4 cm³/mol. The van der Waals surface area contributed by atoms with Crippen molar-refractivity contribution in [2.45, 2.75) is 26.3 Å². The second kappa shape index (κ2) is 3.02. The summed E-state index contributed by atoms with van der Waals surface area (Å²) in [5.74, 6) is 2.75. The number of ketones is 1. The maximum atomic E-state index is 11.8. The molecule has 0 fully saturated rings. The molecule has 2 heterocycles. The third kappa shape index (κ3) is 1.40. The minimum absolute atomic E-state index is 0.362. The first-order valence-corrected chi connectivity index (χ1v) is 4.91. The van der Waals surface area contributed by atoms with E-state index < -0.39 is 11.7 Å². The third-order valence-electron chi connectivity index (χ3n) is 2.46. The summed E-state index contributed by atoms with van der Waals surface area (Å²) in [4.78, 5) is 25.0. The van der Waals surface area contributed by atoms with Gasteiger partial charge in [0.05, 0.1) is 0 Å². The molecule has 76 valence electrons. The standard InChI is InChI=1S/C11H12BNO2/c1-11(2,3)13-8-6-12-5-4-7(8)9(14)10(13)15/h4-6H,1-3H3. The van der Waals surface area contributed by atoms with Crippen molar-refractivity contribution in [2.24, 2.45) is 0 Å². The summed E-state index contributed by atoms with van der Waals surface area (Å²) in [7, 11) is 0. The molecule has 1 aromatic rings. The first-order chi connectivity index (χ1) is 6.93. The zero-order valence-corrected chi connectivity index (χ0v) is 9.07. The molecule has 1 amide bonds. The van der Waals surface area contributed by atoms with Gasteiger partial charge in [0, 0.05) is 0 Å². The molecule has 1 aliphatic rings. The van der Waals surface area contributed by atoms with Crippen LogP contribution in [-0.2, 0) is 4.79 Å². The number of carbonyl (C=O) groups is 2. The fourth-order valence-corrected chi connectivity index (χ4v) is 1.85. The Morgan fingerprint density at radius 1 is 1.27 bits per heavy atom. The average molecular weight is 201 g/mol. The van der Waals surface area contributed by atoms with Gasteiger partial charge in [-0.25, -0.2) is 0 Å². The Morgan fingerprint density at radius 3 is 2.53 bits per heavy atom. The van der Waals surface area contributed by atoms with Crippen molar-refractivity contribution < 1.29 is 9.59 Å². The van der Waals surface area contributed by atoms with E-state index in [1.54, 1.807) is 16.9 Å². The number of hydrogen-bond acceptors (Lipinski definition) is 2. The van der Waals surface area contributed by atoms with E-state index >= 15 is 0 Å². The van der Waals surface area contributed by atoms with E-state index in [0.717, 1.165) is 5.69 Å². The molecule has 0 saturated heterocycles. The SMILES string of the molecule is CC(C)(C)N1C(=O)C(=O)c2ccbcc21. The molecule has 0 spiro atoms. The summed E-state index contributed by atoms with van der Waals surface area (Å²) in [5.41, 5.74) is 0.872. The number of fused-ring (bicyclic) bond motifs is 1. The van der Waals surface area contributed by atoms with Crippen LogP contribution in [0.25, 0.3) is 0 Å². The molecular formula is C11H12BNO2. The van der Waals surface area contributed by atoms with Crippen LogP contribution in [0.1, 0.15) is 31.1 Å². The summed E-state index contributed by atoms with van der Waals surface area (Å²) < 4.78 is 0. The van der Waals surface area contributed by atoms with Gasteiger partial charge in [0.25, 0.3) is 0 Å². The molecule has 1 aromatic heterocycles. The van der Waals surface area contributed by atoms with Gasteiger partial charge in [-0.05, 0) is 0 Å². The van der Waals surface area contributed by atoms with E-state index in [1.807, 2.05) is 33.6 Å². The Bertz CT molecular complexity index is 448. The van der Waals surface area contributed by atoms with Gasteiger partial charge in [-0.2, -0.15) is 0 Å². The topological polar surface area (TPSA) is 37.4 Å². The van der Waals surface area contributed by atoms with E-state index in [-0.39, 0.29) is 5.54 Å². The Hall–Kier alpha value is -1.45. The van der Waals surface area contributed by atoms with Crippen LogP contribution in [-0.4, -0.2) is 24.1 Å². The molecule has 0 bridgehead atoms. The molecule has 4 heteroatoms. The van der Waals surface area contributed by atoms with Gasteiger partial charge >= 0.3 is 88.6 Å². The van der Waals surface area contributed by atoms with Gasteiger partial charge in [-0.3, -0.25) is 0 Å². The van der Waals surface area contributed by atoms with Gasteiger partial charge in [0.2, 0.25) is 0 Å². The summed E-state index contributed by atoms with van der Waals surface area (Å²) >= 11 is 0. The van der Waals surface area contributed by atoms with E-state index in [2.05, 4.69) is 0 Å². The molecule has 3 nitrogen and oxygen atoms in total. The van der Waals surface area contributed by atoms with Crippen LogP contribution < -0.4 is 4.90 Å².